The number of rotatable bonds is 15. The zero-order valence-corrected chi connectivity index (χ0v) is 33.7. The molecule has 3 aromatic carbocycles. The molecule has 2 aliphatic rings. The Morgan fingerprint density at radius 1 is 1.03 bits per heavy atom. The van der Waals surface area contributed by atoms with Crippen LogP contribution in [-0.4, -0.2) is 82.6 Å². The number of fused-ring (bicyclic) bond motifs is 1. The molecule has 308 valence electrons. The number of carbonyl (C=O) groups is 4. The Morgan fingerprint density at radius 2 is 1.83 bits per heavy atom. The smallest absolute Gasteiger partial charge is 0.337 e. The van der Waals surface area contributed by atoms with Crippen molar-refractivity contribution in [1.82, 2.24) is 25.5 Å². The Balaban J connectivity index is 0.915. The number of nitrogens with one attached hydrogen (secondary N) is 4. The van der Waals surface area contributed by atoms with E-state index in [9.17, 15) is 24.3 Å². The van der Waals surface area contributed by atoms with E-state index >= 15 is 0 Å². The van der Waals surface area contributed by atoms with Crippen LogP contribution in [0.15, 0.2) is 71.5 Å². The molecule has 1 unspecified atom stereocenters. The maximum atomic E-state index is 12.9. The summed E-state index contributed by atoms with van der Waals surface area (Å²) >= 11 is 6.41. The molecule has 4 heterocycles. The highest BCUT2D eigenvalue weighted by molar-refractivity contribution is 6.33. The van der Waals surface area contributed by atoms with Gasteiger partial charge in [0.15, 0.2) is 5.82 Å². The number of benzene rings is 3. The number of furan rings is 1. The predicted molar refractivity (Wildman–Crippen MR) is 222 cm³/mol. The maximum Gasteiger partial charge on any atom is 0.337 e. The molecule has 7 rings (SSSR count). The van der Waals surface area contributed by atoms with Gasteiger partial charge in [-0.3, -0.25) is 24.6 Å². The van der Waals surface area contributed by atoms with E-state index in [1.165, 1.54) is 17.8 Å². The number of para-hydroxylation sites is 1. The largest absolute Gasteiger partial charge is 0.492 e. The van der Waals surface area contributed by atoms with E-state index in [0.717, 1.165) is 42.4 Å². The molecule has 0 bridgehead atoms. The molecular formula is C43H46ClN7O8. The van der Waals surface area contributed by atoms with Gasteiger partial charge in [0.05, 0.1) is 54.5 Å². The van der Waals surface area contributed by atoms with Crippen LogP contribution in [0.1, 0.15) is 78.4 Å². The molecule has 3 amide bonds. The molecule has 2 aromatic heterocycles. The van der Waals surface area contributed by atoms with Gasteiger partial charge < -0.3 is 34.9 Å². The maximum absolute atomic E-state index is 12.9. The van der Waals surface area contributed by atoms with Crippen LogP contribution in [0.25, 0.3) is 11.0 Å². The summed E-state index contributed by atoms with van der Waals surface area (Å²) in [6, 6.07) is 16.0. The van der Waals surface area contributed by atoms with E-state index < -0.39 is 11.9 Å². The summed E-state index contributed by atoms with van der Waals surface area (Å²) in [5.41, 5.74) is 4.70. The number of carbonyl (C=O) groups excluding carboxylic acids is 3. The van der Waals surface area contributed by atoms with Gasteiger partial charge in [-0.05, 0) is 113 Å². The summed E-state index contributed by atoms with van der Waals surface area (Å²) in [4.78, 5) is 59.8. The predicted octanol–water partition coefficient (Wildman–Crippen LogP) is 7.05. The van der Waals surface area contributed by atoms with Gasteiger partial charge in [-0.15, -0.1) is 0 Å². The van der Waals surface area contributed by atoms with Gasteiger partial charge in [0.25, 0.3) is 0 Å². The van der Waals surface area contributed by atoms with Crippen LogP contribution in [0.3, 0.4) is 0 Å². The Hall–Kier alpha value is -6.19. The molecule has 15 nitrogen and oxygen atoms in total. The summed E-state index contributed by atoms with van der Waals surface area (Å²) in [6.45, 7) is 8.37. The topological polar surface area (TPSA) is 197 Å². The van der Waals surface area contributed by atoms with Crippen LogP contribution in [0.5, 0.6) is 11.5 Å². The molecule has 2 fully saturated rings. The summed E-state index contributed by atoms with van der Waals surface area (Å²) in [6.07, 6.45) is 5.34. The van der Waals surface area contributed by atoms with Crippen molar-refractivity contribution in [1.29, 1.82) is 0 Å². The van der Waals surface area contributed by atoms with E-state index in [4.69, 9.17) is 25.5 Å². The molecule has 0 radical (unpaired) electrons. The highest BCUT2D eigenvalue weighted by atomic mass is 35.5. The first-order chi connectivity index (χ1) is 28.4. The molecule has 5 N–H and O–H groups in total. The van der Waals surface area contributed by atoms with E-state index in [1.54, 1.807) is 36.6 Å². The number of imide groups is 1. The molecule has 1 atom stereocenters. The van der Waals surface area contributed by atoms with E-state index in [0.29, 0.717) is 41.4 Å². The van der Waals surface area contributed by atoms with Crippen molar-refractivity contribution in [2.45, 2.75) is 64.4 Å². The monoisotopic (exact) mass is 823 g/mol. The fourth-order valence-electron chi connectivity index (χ4n) is 7.53. The van der Waals surface area contributed by atoms with Crippen LogP contribution in [0.4, 0.5) is 23.1 Å². The molecule has 5 aromatic rings. The van der Waals surface area contributed by atoms with Gasteiger partial charge in [-0.25, -0.2) is 9.78 Å². The van der Waals surface area contributed by atoms with Crippen molar-refractivity contribution in [2.75, 3.05) is 43.4 Å². The average molecular weight is 824 g/mol. The summed E-state index contributed by atoms with van der Waals surface area (Å²) < 4.78 is 17.9. The molecular weight excluding hydrogens is 778 g/mol. The van der Waals surface area contributed by atoms with Gasteiger partial charge in [0.2, 0.25) is 23.7 Å². The zero-order chi connectivity index (χ0) is 41.6. The highest BCUT2D eigenvalue weighted by Gasteiger charge is 2.31. The lowest BCUT2D eigenvalue weighted by Gasteiger charge is -2.32. The SMILES string of the molecule is Cc1cc(Nc2ncc(Cl)c(Nc3ccccc3C(=O)O)n2)c(OC(C)C)cc1C1CCN(CC(=O)NCCOc2ccc3occ(C4CCC(=O)NC4=O)c3c2)CC1. The van der Waals surface area contributed by atoms with Gasteiger partial charge in [0, 0.05) is 17.4 Å². The van der Waals surface area contributed by atoms with E-state index in [1.807, 2.05) is 26.0 Å². The van der Waals surface area contributed by atoms with Gasteiger partial charge >= 0.3 is 5.97 Å². The number of aromatic nitrogens is 2. The van der Waals surface area contributed by atoms with Gasteiger partial charge in [0.1, 0.15) is 28.7 Å². The van der Waals surface area contributed by atoms with E-state index in [-0.39, 0.29) is 71.7 Å². The molecule has 2 aliphatic heterocycles. The summed E-state index contributed by atoms with van der Waals surface area (Å²) in [5.74, 6) is -0.216. The van der Waals surface area contributed by atoms with Gasteiger partial charge in [-0.2, -0.15) is 4.98 Å². The third kappa shape index (κ3) is 9.92. The van der Waals surface area contributed by atoms with Crippen molar-refractivity contribution in [2.24, 2.45) is 0 Å². The second-order valence-electron chi connectivity index (χ2n) is 15.0. The Morgan fingerprint density at radius 3 is 2.59 bits per heavy atom. The number of halogens is 1. The number of hydrogen-bond donors (Lipinski definition) is 5. The Kier molecular flexibility index (Phi) is 12.6. The normalized spacial score (nSPS) is 16.2. The highest BCUT2D eigenvalue weighted by Crippen LogP contribution is 2.39. The van der Waals surface area contributed by atoms with Crippen LogP contribution in [0.2, 0.25) is 5.02 Å². The number of hydrogen-bond acceptors (Lipinski definition) is 12. The molecule has 0 saturated carbocycles. The second-order valence-corrected chi connectivity index (χ2v) is 15.4. The number of aryl methyl sites for hydroxylation is 1. The lowest BCUT2D eigenvalue weighted by atomic mass is 9.86. The lowest BCUT2D eigenvalue weighted by molar-refractivity contribution is -0.134. The zero-order valence-electron chi connectivity index (χ0n) is 33.0. The van der Waals surface area contributed by atoms with E-state index in [2.05, 4.69) is 49.1 Å². The number of aromatic carboxylic acids is 1. The number of ether oxygens (including phenoxy) is 2. The number of nitrogens with zero attached hydrogens (tertiary/aromatic N) is 3. The number of anilines is 4. The fraction of sp³-hybridized carbons (Fsp3) is 0.349. The molecule has 0 spiro atoms. The van der Waals surface area contributed by atoms with Crippen LogP contribution in [0, 0.1) is 6.92 Å². The minimum atomic E-state index is -1.08. The van der Waals surface area contributed by atoms with Crippen molar-refractivity contribution in [3.8, 4) is 11.5 Å². The standard InChI is InChI=1S/C43H46ClN7O8/c1-24(2)59-37-20-30(25(3)18-35(37)48-43-46-21-33(44)40(50-43)47-34-7-5-4-6-29(34)42(55)56)26-12-15-51(16-13-26)22-39(53)45-14-17-57-27-8-10-36-31(19-27)32(23-58-36)28-9-11-38(52)49-41(28)54/h4-8,10,18-21,23-24,26,28H,9,11-17,22H2,1-3H3,(H,45,53)(H,55,56)(H,49,52,54)(H2,46,47,48,50). The number of amides is 3. The first kappa shape index (κ1) is 41.0. The van der Waals surface area contributed by atoms with Crippen LogP contribution < -0.4 is 30.7 Å². The Bertz CT molecular complexity index is 2380. The third-order valence-corrected chi connectivity index (χ3v) is 10.7. The minimum absolute atomic E-state index is 0.0782. The first-order valence-electron chi connectivity index (χ1n) is 19.6. The fourth-order valence-corrected chi connectivity index (χ4v) is 7.67. The molecule has 0 aliphatic carbocycles. The Labute approximate surface area is 345 Å². The first-order valence-corrected chi connectivity index (χ1v) is 20.0. The third-order valence-electron chi connectivity index (χ3n) is 10.4. The summed E-state index contributed by atoms with van der Waals surface area (Å²) in [7, 11) is 0. The number of piperidine rings is 2. The quantitative estimate of drug-likeness (QED) is 0.0532. The molecule has 2 saturated heterocycles. The van der Waals surface area contributed by atoms with Crippen molar-refractivity contribution >= 4 is 69.4 Å². The van der Waals surface area contributed by atoms with Crippen LogP contribution in [-0.2, 0) is 14.4 Å². The minimum Gasteiger partial charge on any atom is -0.492 e. The number of carboxylic acid groups (broad SMARTS) is 1. The van der Waals surface area contributed by atoms with Gasteiger partial charge in [-0.1, -0.05) is 23.7 Å². The number of carboxylic acids is 1. The van der Waals surface area contributed by atoms with Crippen molar-refractivity contribution < 1.29 is 38.2 Å². The average Bonchev–Trinajstić information content (AvgIpc) is 3.62. The number of likely N-dealkylation sites (tertiary alicyclic amines) is 1. The second kappa shape index (κ2) is 18.2. The lowest BCUT2D eigenvalue weighted by Crippen LogP contribution is -2.42. The molecule has 16 heteroatoms. The van der Waals surface area contributed by atoms with Crippen molar-refractivity contribution in [3.05, 3.63) is 94.3 Å². The summed E-state index contributed by atoms with van der Waals surface area (Å²) in [5, 5.41) is 22.2. The van der Waals surface area contributed by atoms with Crippen LogP contribution >= 0.6 is 11.6 Å². The molecule has 59 heavy (non-hydrogen) atoms. The van der Waals surface area contributed by atoms with Crippen molar-refractivity contribution in [3.63, 3.8) is 0 Å².